The summed E-state index contributed by atoms with van der Waals surface area (Å²) < 4.78 is 50.4. The van der Waals surface area contributed by atoms with Crippen molar-refractivity contribution < 1.29 is 21.6 Å². The predicted molar refractivity (Wildman–Crippen MR) is 110 cm³/mol. The summed E-state index contributed by atoms with van der Waals surface area (Å²) in [6.45, 7) is 1.72. The minimum atomic E-state index is -3.72. The van der Waals surface area contributed by atoms with E-state index in [1.54, 1.807) is 37.3 Å². The molecule has 0 saturated carbocycles. The van der Waals surface area contributed by atoms with Crippen LogP contribution in [-0.2, 0) is 24.7 Å². The first kappa shape index (κ1) is 22.5. The van der Waals surface area contributed by atoms with Crippen molar-refractivity contribution in [2.45, 2.75) is 29.2 Å². The molecule has 10 heteroatoms. The van der Waals surface area contributed by atoms with Gasteiger partial charge in [0.2, 0.25) is 15.9 Å². The predicted octanol–water partition coefficient (Wildman–Crippen LogP) is 2.40. The van der Waals surface area contributed by atoms with Gasteiger partial charge in [0, 0.05) is 23.7 Å². The molecular weight excluding hydrogens is 468 g/mol. The van der Waals surface area contributed by atoms with Crippen LogP contribution in [0.1, 0.15) is 24.9 Å². The maximum atomic E-state index is 12.3. The minimum absolute atomic E-state index is 0.0323. The molecule has 0 aliphatic carbocycles. The van der Waals surface area contributed by atoms with Crippen molar-refractivity contribution in [2.24, 2.45) is 0 Å². The van der Waals surface area contributed by atoms with Gasteiger partial charge in [0.15, 0.2) is 9.84 Å². The Morgan fingerprint density at radius 2 is 1.64 bits per heavy atom. The van der Waals surface area contributed by atoms with E-state index in [9.17, 15) is 21.6 Å². The molecule has 0 aromatic heterocycles. The zero-order valence-corrected chi connectivity index (χ0v) is 18.6. The lowest BCUT2D eigenvalue weighted by Crippen LogP contribution is -2.32. The van der Waals surface area contributed by atoms with Crippen LogP contribution in [0.4, 0.5) is 0 Å². The van der Waals surface area contributed by atoms with Crippen molar-refractivity contribution in [3.05, 3.63) is 58.6 Å². The van der Waals surface area contributed by atoms with E-state index in [2.05, 4.69) is 26.0 Å². The average Bonchev–Trinajstić information content (AvgIpc) is 2.61. The number of carbonyl (C=O) groups excluding carboxylic acids is 1. The first-order chi connectivity index (χ1) is 13.0. The summed E-state index contributed by atoms with van der Waals surface area (Å²) in [5, 5.41) is 2.76. The fourth-order valence-corrected chi connectivity index (χ4v) is 5.10. The molecule has 0 aliphatic heterocycles. The van der Waals surface area contributed by atoms with E-state index in [4.69, 9.17) is 0 Å². The number of rotatable bonds is 8. The molecule has 7 nitrogen and oxygen atoms in total. The number of halogens is 1. The van der Waals surface area contributed by atoms with Crippen molar-refractivity contribution in [1.82, 2.24) is 10.0 Å². The monoisotopic (exact) mass is 488 g/mol. The molecule has 0 bridgehead atoms. The molecule has 1 atom stereocenters. The summed E-state index contributed by atoms with van der Waals surface area (Å²) in [6, 6.07) is 12.3. The molecule has 152 valence electrons. The van der Waals surface area contributed by atoms with E-state index in [0.717, 1.165) is 11.8 Å². The number of sulfone groups is 1. The summed E-state index contributed by atoms with van der Waals surface area (Å²) in [6.07, 6.45) is 1.09. The Kier molecular flexibility index (Phi) is 7.38. The van der Waals surface area contributed by atoms with E-state index in [0.29, 0.717) is 4.47 Å². The normalized spacial score (nSPS) is 13.1. The number of hydrogen-bond acceptors (Lipinski definition) is 5. The van der Waals surface area contributed by atoms with Gasteiger partial charge >= 0.3 is 0 Å². The van der Waals surface area contributed by atoms with Gasteiger partial charge in [-0.05, 0) is 52.7 Å². The van der Waals surface area contributed by atoms with Gasteiger partial charge in [-0.1, -0.05) is 24.3 Å². The molecule has 2 aromatic rings. The van der Waals surface area contributed by atoms with Crippen molar-refractivity contribution in [3.63, 3.8) is 0 Å². The smallest absolute Gasteiger partial charge is 0.241 e. The second-order valence-electron chi connectivity index (χ2n) is 6.21. The lowest BCUT2D eigenvalue weighted by molar-refractivity contribution is -0.121. The summed E-state index contributed by atoms with van der Waals surface area (Å²) in [7, 11) is -7.00. The summed E-state index contributed by atoms with van der Waals surface area (Å²) in [5.41, 5.74) is 0.745. The van der Waals surface area contributed by atoms with E-state index < -0.39 is 19.9 Å². The number of hydrogen-bond donors (Lipinski definition) is 2. The summed E-state index contributed by atoms with van der Waals surface area (Å²) >= 11 is 3.19. The van der Waals surface area contributed by atoms with Gasteiger partial charge in [-0.2, -0.15) is 0 Å². The second-order valence-corrected chi connectivity index (χ2v) is 10.8. The Morgan fingerprint density at radius 1 is 1.04 bits per heavy atom. The summed E-state index contributed by atoms with van der Waals surface area (Å²) in [4.78, 5) is 12.4. The van der Waals surface area contributed by atoms with Gasteiger partial charge in [0.05, 0.1) is 15.8 Å². The Hall–Kier alpha value is -1.75. The third kappa shape index (κ3) is 6.13. The minimum Gasteiger partial charge on any atom is -0.350 e. The van der Waals surface area contributed by atoms with Crippen LogP contribution in [0.15, 0.2) is 62.8 Å². The Bertz CT molecular complexity index is 1050. The van der Waals surface area contributed by atoms with E-state index in [1.165, 1.54) is 18.2 Å². The maximum absolute atomic E-state index is 12.3. The molecule has 1 unspecified atom stereocenters. The van der Waals surface area contributed by atoms with Crippen molar-refractivity contribution >= 4 is 41.7 Å². The van der Waals surface area contributed by atoms with E-state index >= 15 is 0 Å². The Morgan fingerprint density at radius 3 is 2.21 bits per heavy atom. The first-order valence-electron chi connectivity index (χ1n) is 8.34. The van der Waals surface area contributed by atoms with Crippen molar-refractivity contribution in [2.75, 3.05) is 12.8 Å². The lowest BCUT2D eigenvalue weighted by atomic mass is 10.1. The van der Waals surface area contributed by atoms with E-state index in [-0.39, 0.29) is 34.7 Å². The van der Waals surface area contributed by atoms with Gasteiger partial charge < -0.3 is 5.32 Å². The molecule has 0 spiro atoms. The van der Waals surface area contributed by atoms with Crippen molar-refractivity contribution in [1.29, 1.82) is 0 Å². The molecule has 0 fully saturated rings. The van der Waals surface area contributed by atoms with Crippen LogP contribution in [0.2, 0.25) is 0 Å². The molecule has 2 rings (SSSR count). The highest BCUT2D eigenvalue weighted by atomic mass is 79.9. The maximum Gasteiger partial charge on any atom is 0.241 e. The molecular formula is C18H21BrN2O5S2. The molecule has 0 radical (unpaired) electrons. The Labute approximate surface area is 173 Å². The highest BCUT2D eigenvalue weighted by molar-refractivity contribution is 9.10. The van der Waals surface area contributed by atoms with Gasteiger partial charge in [0.1, 0.15) is 0 Å². The van der Waals surface area contributed by atoms with Crippen LogP contribution in [0, 0.1) is 0 Å². The second kappa shape index (κ2) is 9.17. The average molecular weight is 489 g/mol. The van der Waals surface area contributed by atoms with Gasteiger partial charge in [0.25, 0.3) is 0 Å². The zero-order valence-electron chi connectivity index (χ0n) is 15.3. The van der Waals surface area contributed by atoms with Crippen LogP contribution in [-0.4, -0.2) is 35.5 Å². The highest BCUT2D eigenvalue weighted by Crippen LogP contribution is 2.21. The SMILES string of the molecule is CC(NC(=O)CCNS(=O)(=O)c1ccccc1Br)c1ccc(S(C)(=O)=O)cc1. The van der Waals surface area contributed by atoms with Gasteiger partial charge in [-0.25, -0.2) is 21.6 Å². The molecule has 2 aromatic carbocycles. The molecule has 0 saturated heterocycles. The van der Waals surface area contributed by atoms with Crippen LogP contribution < -0.4 is 10.0 Å². The number of benzene rings is 2. The highest BCUT2D eigenvalue weighted by Gasteiger charge is 2.17. The Balaban J connectivity index is 1.89. The van der Waals surface area contributed by atoms with Crippen molar-refractivity contribution in [3.8, 4) is 0 Å². The number of amides is 1. The molecule has 1 amide bonds. The van der Waals surface area contributed by atoms with E-state index in [1.807, 2.05) is 0 Å². The van der Waals surface area contributed by atoms with Crippen LogP contribution in [0.5, 0.6) is 0 Å². The molecule has 2 N–H and O–H groups in total. The van der Waals surface area contributed by atoms with Crippen LogP contribution in [0.3, 0.4) is 0 Å². The summed E-state index contributed by atoms with van der Waals surface area (Å²) in [5.74, 6) is -0.325. The largest absolute Gasteiger partial charge is 0.350 e. The molecule has 28 heavy (non-hydrogen) atoms. The fourth-order valence-electron chi connectivity index (χ4n) is 2.44. The quantitative estimate of drug-likeness (QED) is 0.592. The zero-order chi connectivity index (χ0) is 20.9. The number of nitrogens with one attached hydrogen (secondary N) is 2. The standard InChI is InChI=1S/C18H21BrN2O5S2/c1-13(14-7-9-15(10-8-14)27(2,23)24)21-18(22)11-12-20-28(25,26)17-6-4-3-5-16(17)19/h3-10,13,20H,11-12H2,1-2H3,(H,21,22). The third-order valence-corrected chi connectivity index (χ3v) is 7.56. The van der Waals surface area contributed by atoms with Crippen LogP contribution >= 0.6 is 15.9 Å². The lowest BCUT2D eigenvalue weighted by Gasteiger charge is -2.15. The van der Waals surface area contributed by atoms with Gasteiger partial charge in [-0.3, -0.25) is 4.79 Å². The number of carbonyl (C=O) groups is 1. The van der Waals surface area contributed by atoms with Gasteiger partial charge in [-0.15, -0.1) is 0 Å². The topological polar surface area (TPSA) is 109 Å². The third-order valence-electron chi connectivity index (χ3n) is 3.96. The number of sulfonamides is 1. The molecule has 0 heterocycles. The first-order valence-corrected chi connectivity index (χ1v) is 12.5. The fraction of sp³-hybridized carbons (Fsp3) is 0.278. The van der Waals surface area contributed by atoms with Crippen LogP contribution in [0.25, 0.3) is 0 Å². The molecule has 0 aliphatic rings.